The number of benzene rings is 1. The molecule has 1 atom stereocenters. The first-order valence-electron chi connectivity index (χ1n) is 7.77. The van der Waals surface area contributed by atoms with Crippen LogP contribution < -0.4 is 10.3 Å². The van der Waals surface area contributed by atoms with Gasteiger partial charge in [-0.05, 0) is 36.4 Å². The molecule has 0 unspecified atom stereocenters. The number of phenols is 1. The maximum Gasteiger partial charge on any atom is 0.273 e. The SMILES string of the molecule is Oc1c([C@@H](Nc2cccc[nH+]2)c2ccco2)cc(Cl)c2cccnc12. The van der Waals surface area contributed by atoms with Crippen LogP contribution in [0.3, 0.4) is 0 Å². The van der Waals surface area contributed by atoms with Crippen LogP contribution in [0.1, 0.15) is 17.4 Å². The number of hydrogen-bond donors (Lipinski definition) is 2. The Labute approximate surface area is 148 Å². The van der Waals surface area contributed by atoms with E-state index in [0.717, 1.165) is 5.82 Å². The molecule has 3 aromatic heterocycles. The lowest BCUT2D eigenvalue weighted by atomic mass is 10.0. The zero-order valence-electron chi connectivity index (χ0n) is 13.1. The molecule has 3 N–H and O–H groups in total. The van der Waals surface area contributed by atoms with Crippen LogP contribution in [0.25, 0.3) is 10.9 Å². The van der Waals surface area contributed by atoms with Crippen LogP contribution in [0.15, 0.2) is 71.6 Å². The van der Waals surface area contributed by atoms with Gasteiger partial charge in [-0.15, -0.1) is 0 Å². The monoisotopic (exact) mass is 352 g/mol. The number of halogens is 1. The Bertz CT molecular complexity index is 1000. The smallest absolute Gasteiger partial charge is 0.273 e. The Morgan fingerprint density at radius 2 is 2.08 bits per heavy atom. The lowest BCUT2D eigenvalue weighted by Crippen LogP contribution is -2.18. The van der Waals surface area contributed by atoms with E-state index in [-0.39, 0.29) is 5.75 Å². The molecular weight excluding hydrogens is 338 g/mol. The molecule has 0 amide bonds. The van der Waals surface area contributed by atoms with E-state index >= 15 is 0 Å². The topological polar surface area (TPSA) is 72.4 Å². The molecule has 1 aromatic carbocycles. The molecule has 0 radical (unpaired) electrons. The number of rotatable bonds is 4. The van der Waals surface area contributed by atoms with Crippen molar-refractivity contribution in [3.8, 4) is 5.75 Å². The number of aromatic hydroxyl groups is 1. The first kappa shape index (κ1) is 15.5. The normalized spacial score (nSPS) is 12.2. The van der Waals surface area contributed by atoms with Crippen molar-refractivity contribution in [1.29, 1.82) is 0 Å². The maximum atomic E-state index is 10.8. The Morgan fingerprint density at radius 1 is 1.16 bits per heavy atom. The van der Waals surface area contributed by atoms with Gasteiger partial charge in [0.05, 0.1) is 17.5 Å². The molecule has 25 heavy (non-hydrogen) atoms. The van der Waals surface area contributed by atoms with Crippen LogP contribution in [0.4, 0.5) is 5.82 Å². The van der Waals surface area contributed by atoms with Gasteiger partial charge in [-0.2, -0.15) is 0 Å². The van der Waals surface area contributed by atoms with Crippen LogP contribution in [0, 0.1) is 0 Å². The summed E-state index contributed by atoms with van der Waals surface area (Å²) in [6, 6.07) is 14.3. The number of nitrogens with one attached hydrogen (secondary N) is 2. The van der Waals surface area contributed by atoms with Gasteiger partial charge in [0.25, 0.3) is 5.82 Å². The van der Waals surface area contributed by atoms with Crippen LogP contribution in [0.2, 0.25) is 5.02 Å². The van der Waals surface area contributed by atoms with Gasteiger partial charge in [0.15, 0.2) is 11.8 Å². The summed E-state index contributed by atoms with van der Waals surface area (Å²) < 4.78 is 5.58. The van der Waals surface area contributed by atoms with E-state index in [4.69, 9.17) is 16.0 Å². The van der Waals surface area contributed by atoms with Gasteiger partial charge in [-0.3, -0.25) is 10.3 Å². The number of aromatic amines is 1. The second kappa shape index (κ2) is 6.45. The molecule has 5 nitrogen and oxygen atoms in total. The number of aromatic nitrogens is 2. The summed E-state index contributed by atoms with van der Waals surface area (Å²) in [5, 5.41) is 15.4. The Hall–Kier alpha value is -3.05. The van der Waals surface area contributed by atoms with Crippen molar-refractivity contribution in [2.75, 3.05) is 5.32 Å². The maximum absolute atomic E-state index is 10.8. The molecule has 124 valence electrons. The number of hydrogen-bond acceptors (Lipinski definition) is 4. The first-order chi connectivity index (χ1) is 12.2. The number of pyridine rings is 2. The second-order valence-electron chi connectivity index (χ2n) is 5.56. The number of phenolic OH excluding ortho intramolecular Hbond substituents is 1. The standard InChI is InChI=1S/C19H14ClN3O2/c20-14-11-13(19(24)18-12(14)5-3-9-22-18)17(15-6-4-10-25-15)23-16-7-1-2-8-21-16/h1-11,17,24H,(H,21,23)/p+1/t17-/m1/s1. The summed E-state index contributed by atoms with van der Waals surface area (Å²) in [7, 11) is 0. The summed E-state index contributed by atoms with van der Waals surface area (Å²) in [6.45, 7) is 0. The number of fused-ring (bicyclic) bond motifs is 1. The molecule has 4 rings (SSSR count). The highest BCUT2D eigenvalue weighted by Gasteiger charge is 2.27. The van der Waals surface area contributed by atoms with E-state index in [0.29, 0.717) is 27.2 Å². The molecule has 0 saturated heterocycles. The van der Waals surface area contributed by atoms with Crippen molar-refractivity contribution in [3.63, 3.8) is 0 Å². The fourth-order valence-corrected chi connectivity index (χ4v) is 3.09. The van der Waals surface area contributed by atoms with E-state index in [2.05, 4.69) is 15.3 Å². The van der Waals surface area contributed by atoms with Gasteiger partial charge < -0.3 is 9.52 Å². The molecule has 0 spiro atoms. The van der Waals surface area contributed by atoms with Gasteiger partial charge >= 0.3 is 0 Å². The molecule has 0 fully saturated rings. The van der Waals surface area contributed by atoms with Gasteiger partial charge in [0.1, 0.15) is 11.3 Å². The van der Waals surface area contributed by atoms with Gasteiger partial charge in [0.2, 0.25) is 0 Å². The summed E-state index contributed by atoms with van der Waals surface area (Å²) in [4.78, 5) is 7.39. The number of H-pyrrole nitrogens is 1. The van der Waals surface area contributed by atoms with E-state index in [1.807, 2.05) is 36.5 Å². The Morgan fingerprint density at radius 3 is 2.84 bits per heavy atom. The van der Waals surface area contributed by atoms with E-state index in [9.17, 15) is 5.11 Å². The van der Waals surface area contributed by atoms with Crippen LogP contribution in [-0.2, 0) is 0 Å². The molecular formula is C19H15ClN3O2+. The predicted octanol–water partition coefficient (Wildman–Crippen LogP) is 4.20. The summed E-state index contributed by atoms with van der Waals surface area (Å²) in [6.07, 6.45) is 5.04. The van der Waals surface area contributed by atoms with Crippen molar-refractivity contribution >= 4 is 28.3 Å². The van der Waals surface area contributed by atoms with Crippen molar-refractivity contribution in [2.24, 2.45) is 0 Å². The quantitative estimate of drug-likeness (QED) is 0.577. The predicted molar refractivity (Wildman–Crippen MR) is 95.6 cm³/mol. The Balaban J connectivity index is 1.88. The first-order valence-corrected chi connectivity index (χ1v) is 8.14. The fourth-order valence-electron chi connectivity index (χ4n) is 2.82. The molecule has 0 aliphatic rings. The minimum atomic E-state index is -0.433. The minimum absolute atomic E-state index is 0.0739. The zero-order chi connectivity index (χ0) is 17.2. The fraction of sp³-hybridized carbons (Fsp3) is 0.0526. The third-order valence-electron chi connectivity index (χ3n) is 3.99. The summed E-state index contributed by atoms with van der Waals surface area (Å²) >= 11 is 6.43. The third kappa shape index (κ3) is 2.90. The highest BCUT2D eigenvalue weighted by atomic mass is 35.5. The van der Waals surface area contributed by atoms with Crippen molar-refractivity contribution in [2.45, 2.75) is 6.04 Å². The Kier molecular flexibility index (Phi) is 3.99. The van der Waals surface area contributed by atoms with E-state index < -0.39 is 6.04 Å². The van der Waals surface area contributed by atoms with Crippen LogP contribution >= 0.6 is 11.6 Å². The lowest BCUT2D eigenvalue weighted by molar-refractivity contribution is -0.361. The average molecular weight is 353 g/mol. The molecule has 0 aliphatic heterocycles. The van der Waals surface area contributed by atoms with E-state index in [1.54, 1.807) is 30.7 Å². The van der Waals surface area contributed by atoms with Crippen molar-refractivity contribution < 1.29 is 14.5 Å². The number of furan rings is 1. The molecule has 3 heterocycles. The summed E-state index contributed by atoms with van der Waals surface area (Å²) in [5.41, 5.74) is 1.05. The third-order valence-corrected chi connectivity index (χ3v) is 4.31. The highest BCUT2D eigenvalue weighted by Crippen LogP contribution is 2.39. The number of nitrogens with zero attached hydrogens (tertiary/aromatic N) is 1. The van der Waals surface area contributed by atoms with Gasteiger partial charge in [0, 0.05) is 23.2 Å². The van der Waals surface area contributed by atoms with Crippen LogP contribution in [0.5, 0.6) is 5.75 Å². The van der Waals surface area contributed by atoms with Crippen LogP contribution in [-0.4, -0.2) is 10.1 Å². The largest absolute Gasteiger partial charge is 0.505 e. The molecule has 0 saturated carbocycles. The van der Waals surface area contributed by atoms with Crippen molar-refractivity contribution in [3.05, 3.63) is 83.5 Å². The van der Waals surface area contributed by atoms with E-state index in [1.165, 1.54) is 0 Å². The average Bonchev–Trinajstić information content (AvgIpc) is 3.18. The lowest BCUT2D eigenvalue weighted by Gasteiger charge is -2.16. The molecule has 0 aliphatic carbocycles. The molecule has 6 heteroatoms. The molecule has 4 aromatic rings. The van der Waals surface area contributed by atoms with Gasteiger partial charge in [-0.25, -0.2) is 4.98 Å². The minimum Gasteiger partial charge on any atom is -0.505 e. The zero-order valence-corrected chi connectivity index (χ0v) is 13.9. The molecule has 0 bridgehead atoms. The number of anilines is 1. The van der Waals surface area contributed by atoms with Gasteiger partial charge in [-0.1, -0.05) is 17.7 Å². The summed E-state index contributed by atoms with van der Waals surface area (Å²) in [5.74, 6) is 1.50. The second-order valence-corrected chi connectivity index (χ2v) is 5.97. The van der Waals surface area contributed by atoms with Crippen molar-refractivity contribution in [1.82, 2.24) is 4.98 Å². The highest BCUT2D eigenvalue weighted by molar-refractivity contribution is 6.35.